The van der Waals surface area contributed by atoms with Gasteiger partial charge in [-0.25, -0.2) is 4.98 Å². The molecule has 1 aliphatic carbocycles. The molecule has 2 aromatic heterocycles. The third kappa shape index (κ3) is 1.71. The van der Waals surface area contributed by atoms with Gasteiger partial charge >= 0.3 is 0 Å². The lowest BCUT2D eigenvalue weighted by Crippen LogP contribution is -2.42. The van der Waals surface area contributed by atoms with Gasteiger partial charge in [0.15, 0.2) is 11.5 Å². The van der Waals surface area contributed by atoms with Crippen LogP contribution in [-0.4, -0.2) is 42.9 Å². The second-order valence-corrected chi connectivity index (χ2v) is 4.88. The van der Waals surface area contributed by atoms with Crippen molar-refractivity contribution < 1.29 is 10.2 Å². The van der Waals surface area contributed by atoms with Gasteiger partial charge < -0.3 is 26.2 Å². The van der Waals surface area contributed by atoms with E-state index in [4.69, 9.17) is 11.5 Å². The van der Waals surface area contributed by atoms with Crippen molar-refractivity contribution in [3.63, 3.8) is 0 Å². The number of imidazole rings is 1. The van der Waals surface area contributed by atoms with Crippen LogP contribution in [0, 0.1) is 11.8 Å². The molecule has 19 heavy (non-hydrogen) atoms. The maximum absolute atomic E-state index is 9.41. The zero-order valence-corrected chi connectivity index (χ0v) is 10.3. The van der Waals surface area contributed by atoms with Crippen LogP contribution in [0.1, 0.15) is 12.5 Å². The van der Waals surface area contributed by atoms with Crippen LogP contribution < -0.4 is 11.5 Å². The Morgan fingerprint density at radius 2 is 2.05 bits per heavy atom. The number of rotatable bonds is 3. The number of aliphatic hydroxyl groups excluding tert-OH is 2. The number of fused-ring (bicyclic) bond motifs is 1. The van der Waals surface area contributed by atoms with Crippen molar-refractivity contribution in [2.75, 3.05) is 24.7 Å². The summed E-state index contributed by atoms with van der Waals surface area (Å²) in [5.74, 6) is 0.467. The molecule has 6 N–H and O–H groups in total. The molecule has 2 heterocycles. The van der Waals surface area contributed by atoms with E-state index in [-0.39, 0.29) is 42.9 Å². The first-order chi connectivity index (χ1) is 9.15. The number of hydrogen-bond donors (Lipinski definition) is 4. The number of anilines is 2. The molecule has 0 radical (unpaired) electrons. The van der Waals surface area contributed by atoms with Crippen molar-refractivity contribution in [3.8, 4) is 0 Å². The zero-order chi connectivity index (χ0) is 13.6. The summed E-state index contributed by atoms with van der Waals surface area (Å²) in [4.78, 5) is 12.2. The third-order valence-electron chi connectivity index (χ3n) is 3.91. The van der Waals surface area contributed by atoms with Gasteiger partial charge in [0, 0.05) is 25.2 Å². The molecule has 3 atom stereocenters. The fraction of sp³-hybridized carbons (Fsp3) is 0.545. The van der Waals surface area contributed by atoms with Crippen LogP contribution in [0.4, 0.5) is 11.8 Å². The minimum atomic E-state index is -0.000172. The fourth-order valence-electron chi connectivity index (χ4n) is 2.78. The quantitative estimate of drug-likeness (QED) is 0.567. The Morgan fingerprint density at radius 1 is 1.26 bits per heavy atom. The van der Waals surface area contributed by atoms with Gasteiger partial charge in [0.25, 0.3) is 0 Å². The first-order valence-corrected chi connectivity index (χ1v) is 6.13. The smallest absolute Gasteiger partial charge is 0.224 e. The molecule has 0 saturated heterocycles. The van der Waals surface area contributed by atoms with Gasteiger partial charge in [0.05, 0.1) is 6.33 Å². The Kier molecular flexibility index (Phi) is 2.76. The normalized spacial score (nSPS) is 26.5. The molecule has 2 aromatic rings. The van der Waals surface area contributed by atoms with Gasteiger partial charge in [-0.3, -0.25) is 0 Å². The van der Waals surface area contributed by atoms with E-state index in [9.17, 15) is 10.2 Å². The third-order valence-corrected chi connectivity index (χ3v) is 3.91. The minimum absolute atomic E-state index is 0.000172. The number of aromatic nitrogens is 4. The predicted molar refractivity (Wildman–Crippen MR) is 69.0 cm³/mol. The van der Waals surface area contributed by atoms with Crippen molar-refractivity contribution >= 4 is 22.9 Å². The van der Waals surface area contributed by atoms with Crippen LogP contribution >= 0.6 is 0 Å². The molecular formula is C11H16N6O2. The van der Waals surface area contributed by atoms with E-state index in [0.717, 1.165) is 6.42 Å². The van der Waals surface area contributed by atoms with E-state index >= 15 is 0 Å². The molecule has 0 aromatic carbocycles. The molecule has 8 heteroatoms. The Hall–Kier alpha value is -1.93. The summed E-state index contributed by atoms with van der Waals surface area (Å²) in [5.41, 5.74) is 12.4. The monoisotopic (exact) mass is 264 g/mol. The van der Waals surface area contributed by atoms with Crippen LogP contribution in [-0.2, 0) is 0 Å². The highest BCUT2D eigenvalue weighted by atomic mass is 16.3. The van der Waals surface area contributed by atoms with E-state index < -0.39 is 0 Å². The lowest BCUT2D eigenvalue weighted by atomic mass is 9.70. The van der Waals surface area contributed by atoms with Crippen LogP contribution in [0.25, 0.3) is 11.2 Å². The molecule has 102 valence electrons. The van der Waals surface area contributed by atoms with Crippen molar-refractivity contribution in [1.82, 2.24) is 19.5 Å². The van der Waals surface area contributed by atoms with Crippen LogP contribution in [0.2, 0.25) is 0 Å². The summed E-state index contributed by atoms with van der Waals surface area (Å²) >= 11 is 0. The summed E-state index contributed by atoms with van der Waals surface area (Å²) < 4.78 is 1.86. The van der Waals surface area contributed by atoms with Crippen LogP contribution in [0.5, 0.6) is 0 Å². The fourth-order valence-corrected chi connectivity index (χ4v) is 2.78. The maximum Gasteiger partial charge on any atom is 0.224 e. The SMILES string of the molecule is Nc1nc(N)c2ncn([C@H]3C[C@@H](CO)[C@H]3CO)c2n1. The number of nitrogens with two attached hydrogens (primary N) is 2. The van der Waals surface area contributed by atoms with Crippen LogP contribution in [0.15, 0.2) is 6.33 Å². The van der Waals surface area contributed by atoms with Gasteiger partial charge in [-0.2, -0.15) is 9.97 Å². The largest absolute Gasteiger partial charge is 0.396 e. The molecule has 0 bridgehead atoms. The summed E-state index contributed by atoms with van der Waals surface area (Å²) in [6.07, 6.45) is 2.41. The Bertz CT molecular complexity index is 612. The average molecular weight is 264 g/mol. The molecule has 0 unspecified atom stereocenters. The van der Waals surface area contributed by atoms with E-state index in [0.29, 0.717) is 11.2 Å². The second-order valence-electron chi connectivity index (χ2n) is 4.88. The van der Waals surface area contributed by atoms with E-state index in [1.54, 1.807) is 6.33 Å². The van der Waals surface area contributed by atoms with Gasteiger partial charge in [-0.15, -0.1) is 0 Å². The van der Waals surface area contributed by atoms with Crippen molar-refractivity contribution in [3.05, 3.63) is 6.33 Å². The number of nitrogen functional groups attached to an aromatic ring is 2. The molecule has 0 spiro atoms. The molecule has 1 saturated carbocycles. The highest BCUT2D eigenvalue weighted by Gasteiger charge is 2.41. The topological polar surface area (TPSA) is 136 Å². The molecule has 0 aliphatic heterocycles. The number of hydrogen-bond acceptors (Lipinski definition) is 7. The van der Waals surface area contributed by atoms with Gasteiger partial charge in [0.2, 0.25) is 5.95 Å². The summed E-state index contributed by atoms with van der Waals surface area (Å²) in [5, 5.41) is 18.6. The lowest BCUT2D eigenvalue weighted by Gasteiger charge is -2.43. The van der Waals surface area contributed by atoms with Gasteiger partial charge in [-0.05, 0) is 12.3 Å². The Labute approximate surface area is 109 Å². The maximum atomic E-state index is 9.41. The van der Waals surface area contributed by atoms with E-state index in [1.807, 2.05) is 4.57 Å². The first-order valence-electron chi connectivity index (χ1n) is 6.13. The molecule has 1 fully saturated rings. The Balaban J connectivity index is 2.02. The van der Waals surface area contributed by atoms with E-state index in [2.05, 4.69) is 15.0 Å². The highest BCUT2D eigenvalue weighted by Crippen LogP contribution is 2.44. The Morgan fingerprint density at radius 3 is 2.74 bits per heavy atom. The predicted octanol–water partition coefficient (Wildman–Crippen LogP) is -0.848. The van der Waals surface area contributed by atoms with Crippen molar-refractivity contribution in [2.24, 2.45) is 11.8 Å². The van der Waals surface area contributed by atoms with Gasteiger partial charge in [-0.1, -0.05) is 0 Å². The summed E-state index contributed by atoms with van der Waals surface area (Å²) in [7, 11) is 0. The highest BCUT2D eigenvalue weighted by molar-refractivity contribution is 5.82. The lowest BCUT2D eigenvalue weighted by molar-refractivity contribution is -0.00528. The second kappa shape index (κ2) is 4.32. The first kappa shape index (κ1) is 12.1. The zero-order valence-electron chi connectivity index (χ0n) is 10.3. The van der Waals surface area contributed by atoms with Gasteiger partial charge in [0.1, 0.15) is 5.52 Å². The van der Waals surface area contributed by atoms with Crippen molar-refractivity contribution in [2.45, 2.75) is 12.5 Å². The molecule has 3 rings (SSSR count). The minimum Gasteiger partial charge on any atom is -0.396 e. The standard InChI is InChI=1S/C11H16N6O2/c12-9-8-10(16-11(13)15-9)17(4-14-8)7-1-5(2-18)6(7)3-19/h4-7,18-19H,1-3H2,(H4,12,13,15,16)/t5-,6+,7-/m0/s1. The molecule has 0 amide bonds. The summed E-state index contributed by atoms with van der Waals surface area (Å²) in [6.45, 7) is 0.0965. The number of aliphatic hydroxyl groups is 2. The molecule has 1 aliphatic rings. The van der Waals surface area contributed by atoms with Crippen molar-refractivity contribution in [1.29, 1.82) is 0 Å². The molecule has 8 nitrogen and oxygen atoms in total. The van der Waals surface area contributed by atoms with Crippen LogP contribution in [0.3, 0.4) is 0 Å². The number of nitrogens with zero attached hydrogens (tertiary/aromatic N) is 4. The average Bonchev–Trinajstić information content (AvgIpc) is 2.73. The molecular weight excluding hydrogens is 248 g/mol. The summed E-state index contributed by atoms with van der Waals surface area (Å²) in [6, 6.07) is 0.0563. The van der Waals surface area contributed by atoms with E-state index in [1.165, 1.54) is 0 Å².